The molecule has 1 atom stereocenters. The third-order valence-electron chi connectivity index (χ3n) is 7.95. The number of aryl methyl sites for hydroxylation is 1. The first-order valence-corrected chi connectivity index (χ1v) is 12.8. The highest BCUT2D eigenvalue weighted by Gasteiger charge is 2.32. The van der Waals surface area contributed by atoms with Gasteiger partial charge in [0.15, 0.2) is 0 Å². The summed E-state index contributed by atoms with van der Waals surface area (Å²) in [5.74, 6) is 0.806. The number of H-pyrrole nitrogens is 1. The van der Waals surface area contributed by atoms with Crippen LogP contribution in [0.15, 0.2) is 29.1 Å². The van der Waals surface area contributed by atoms with Gasteiger partial charge in [-0.3, -0.25) is 14.5 Å². The van der Waals surface area contributed by atoms with E-state index in [1.165, 1.54) is 32.1 Å². The number of likely N-dealkylation sites (tertiary alicyclic amines) is 1. The number of hydrogen-bond acceptors (Lipinski definition) is 4. The number of aromatic nitrogens is 2. The van der Waals surface area contributed by atoms with Gasteiger partial charge in [0.05, 0.1) is 18.2 Å². The van der Waals surface area contributed by atoms with Gasteiger partial charge in [-0.15, -0.1) is 0 Å². The Morgan fingerprint density at radius 2 is 1.85 bits per heavy atom. The second kappa shape index (κ2) is 9.80. The van der Waals surface area contributed by atoms with Crippen molar-refractivity contribution in [2.75, 3.05) is 13.1 Å². The number of piperidine rings is 1. The van der Waals surface area contributed by atoms with Crippen molar-refractivity contribution < 1.29 is 4.79 Å². The molecule has 1 aliphatic carbocycles. The molecule has 3 heterocycles. The molecule has 2 fully saturated rings. The standard InChI is InChI=1S/C27H36N4O2/c1-19-9-5-6-10-20(19)17-25(32)31-15-8-7-13-24(31)26-28-23-18-30(21-11-3-2-4-12-21)16-14-22(23)27(33)29-26/h5-6,9-10,21,24H,2-4,7-8,11-18H2,1H3,(H,28,29,33)/t24-/m1/s1. The first-order chi connectivity index (χ1) is 16.1. The number of aromatic amines is 1. The van der Waals surface area contributed by atoms with Crippen LogP contribution in [0.1, 0.15) is 85.6 Å². The molecular formula is C27H36N4O2. The van der Waals surface area contributed by atoms with Crippen molar-refractivity contribution in [1.82, 2.24) is 19.8 Å². The molecule has 176 valence electrons. The van der Waals surface area contributed by atoms with Gasteiger partial charge in [0, 0.05) is 31.2 Å². The highest BCUT2D eigenvalue weighted by Crippen LogP contribution is 2.31. The van der Waals surface area contributed by atoms with Crippen LogP contribution in [0.25, 0.3) is 0 Å². The predicted molar refractivity (Wildman–Crippen MR) is 129 cm³/mol. The highest BCUT2D eigenvalue weighted by molar-refractivity contribution is 5.79. The molecule has 6 nitrogen and oxygen atoms in total. The molecule has 1 aromatic heterocycles. The number of nitrogens with zero attached hydrogens (tertiary/aromatic N) is 3. The molecule has 1 amide bonds. The fraction of sp³-hybridized carbons (Fsp3) is 0.593. The number of amides is 1. The summed E-state index contributed by atoms with van der Waals surface area (Å²) in [6.07, 6.45) is 10.6. The Morgan fingerprint density at radius 1 is 1.06 bits per heavy atom. The zero-order valence-corrected chi connectivity index (χ0v) is 19.8. The second-order valence-electron chi connectivity index (χ2n) is 10.1. The van der Waals surface area contributed by atoms with Gasteiger partial charge in [0.1, 0.15) is 5.82 Å². The minimum absolute atomic E-state index is 0.00447. The number of nitrogens with one attached hydrogen (secondary N) is 1. The Morgan fingerprint density at radius 3 is 2.67 bits per heavy atom. The van der Waals surface area contributed by atoms with Gasteiger partial charge in [-0.05, 0) is 56.6 Å². The van der Waals surface area contributed by atoms with Crippen LogP contribution in [0.4, 0.5) is 0 Å². The van der Waals surface area contributed by atoms with Crippen LogP contribution >= 0.6 is 0 Å². The lowest BCUT2D eigenvalue weighted by Crippen LogP contribution is -2.44. The topological polar surface area (TPSA) is 69.3 Å². The van der Waals surface area contributed by atoms with E-state index in [2.05, 4.69) is 22.9 Å². The number of rotatable bonds is 4. The molecule has 1 saturated carbocycles. The molecule has 2 aliphatic heterocycles. The van der Waals surface area contributed by atoms with Crippen molar-refractivity contribution in [3.63, 3.8) is 0 Å². The van der Waals surface area contributed by atoms with E-state index in [1.54, 1.807) is 0 Å². The van der Waals surface area contributed by atoms with Gasteiger partial charge in [0.25, 0.3) is 5.56 Å². The molecule has 0 unspecified atom stereocenters. The number of carbonyl (C=O) groups is 1. The minimum Gasteiger partial charge on any atom is -0.332 e. The van der Waals surface area contributed by atoms with E-state index in [1.807, 2.05) is 23.1 Å². The Balaban J connectivity index is 1.38. The maximum Gasteiger partial charge on any atom is 0.254 e. The molecule has 0 spiro atoms. The SMILES string of the molecule is Cc1ccccc1CC(=O)N1CCCC[C@@H]1c1nc2c(c(=O)[nH]1)CCN(C1CCCCC1)C2. The normalized spacial score (nSPS) is 22.2. The van der Waals surface area contributed by atoms with Gasteiger partial charge in [0.2, 0.25) is 5.91 Å². The smallest absolute Gasteiger partial charge is 0.254 e. The van der Waals surface area contributed by atoms with Crippen molar-refractivity contribution in [3.8, 4) is 0 Å². The van der Waals surface area contributed by atoms with Gasteiger partial charge in [-0.2, -0.15) is 0 Å². The van der Waals surface area contributed by atoms with Gasteiger partial charge in [-0.1, -0.05) is 43.5 Å². The molecule has 33 heavy (non-hydrogen) atoms. The Hall–Kier alpha value is -2.47. The van der Waals surface area contributed by atoms with Gasteiger partial charge in [-0.25, -0.2) is 4.98 Å². The molecule has 5 rings (SSSR count). The fourth-order valence-corrected chi connectivity index (χ4v) is 5.98. The Bertz CT molecular complexity index is 1060. The van der Waals surface area contributed by atoms with E-state index in [-0.39, 0.29) is 17.5 Å². The molecule has 1 N–H and O–H groups in total. The number of fused-ring (bicyclic) bond motifs is 1. The van der Waals surface area contributed by atoms with Crippen LogP contribution in [-0.2, 0) is 24.2 Å². The fourth-order valence-electron chi connectivity index (χ4n) is 5.98. The van der Waals surface area contributed by atoms with Crippen molar-refractivity contribution in [2.45, 2.75) is 89.8 Å². The average molecular weight is 449 g/mol. The molecule has 1 aromatic carbocycles. The third-order valence-corrected chi connectivity index (χ3v) is 7.95. The molecule has 0 bridgehead atoms. The first-order valence-electron chi connectivity index (χ1n) is 12.8. The molecule has 1 saturated heterocycles. The minimum atomic E-state index is -0.140. The summed E-state index contributed by atoms with van der Waals surface area (Å²) in [5.41, 5.74) is 3.99. The van der Waals surface area contributed by atoms with Crippen LogP contribution < -0.4 is 5.56 Å². The zero-order chi connectivity index (χ0) is 22.8. The van der Waals surface area contributed by atoms with E-state index in [9.17, 15) is 9.59 Å². The van der Waals surface area contributed by atoms with E-state index in [0.29, 0.717) is 18.3 Å². The lowest BCUT2D eigenvalue weighted by atomic mass is 9.92. The van der Waals surface area contributed by atoms with Crippen LogP contribution in [0.2, 0.25) is 0 Å². The summed E-state index contributed by atoms with van der Waals surface area (Å²) in [5, 5.41) is 0. The Kier molecular flexibility index (Phi) is 6.63. The van der Waals surface area contributed by atoms with E-state index >= 15 is 0 Å². The van der Waals surface area contributed by atoms with E-state index in [0.717, 1.165) is 67.7 Å². The number of carbonyl (C=O) groups excluding carboxylic acids is 1. The van der Waals surface area contributed by atoms with Crippen molar-refractivity contribution >= 4 is 5.91 Å². The molecule has 2 aromatic rings. The summed E-state index contributed by atoms with van der Waals surface area (Å²) in [7, 11) is 0. The monoisotopic (exact) mass is 448 g/mol. The highest BCUT2D eigenvalue weighted by atomic mass is 16.2. The lowest BCUT2D eigenvalue weighted by Gasteiger charge is -2.38. The van der Waals surface area contributed by atoms with Crippen LogP contribution in [-0.4, -0.2) is 44.8 Å². The number of benzene rings is 1. The summed E-state index contributed by atoms with van der Waals surface area (Å²) >= 11 is 0. The first kappa shape index (κ1) is 22.3. The molecule has 6 heteroatoms. The van der Waals surface area contributed by atoms with Crippen molar-refractivity contribution in [2.24, 2.45) is 0 Å². The summed E-state index contributed by atoms with van der Waals surface area (Å²) in [6.45, 7) is 4.49. The van der Waals surface area contributed by atoms with Gasteiger partial charge >= 0.3 is 0 Å². The van der Waals surface area contributed by atoms with Gasteiger partial charge < -0.3 is 9.88 Å². The summed E-state index contributed by atoms with van der Waals surface area (Å²) < 4.78 is 0. The zero-order valence-electron chi connectivity index (χ0n) is 19.8. The average Bonchev–Trinajstić information content (AvgIpc) is 2.85. The second-order valence-corrected chi connectivity index (χ2v) is 10.1. The molecule has 3 aliphatic rings. The summed E-state index contributed by atoms with van der Waals surface area (Å²) in [4.78, 5) is 38.9. The van der Waals surface area contributed by atoms with Crippen LogP contribution in [0.5, 0.6) is 0 Å². The van der Waals surface area contributed by atoms with Crippen LogP contribution in [0.3, 0.4) is 0 Å². The van der Waals surface area contributed by atoms with E-state index < -0.39 is 0 Å². The largest absolute Gasteiger partial charge is 0.332 e. The molecular weight excluding hydrogens is 412 g/mol. The Labute approximate surface area is 196 Å². The summed E-state index contributed by atoms with van der Waals surface area (Å²) in [6, 6.07) is 8.56. The molecule has 0 radical (unpaired) electrons. The van der Waals surface area contributed by atoms with Crippen molar-refractivity contribution in [3.05, 3.63) is 62.8 Å². The maximum absolute atomic E-state index is 13.3. The maximum atomic E-state index is 13.3. The lowest BCUT2D eigenvalue weighted by molar-refractivity contribution is -0.134. The van der Waals surface area contributed by atoms with Crippen molar-refractivity contribution in [1.29, 1.82) is 0 Å². The van der Waals surface area contributed by atoms with Crippen LogP contribution in [0, 0.1) is 6.92 Å². The predicted octanol–water partition coefficient (Wildman–Crippen LogP) is 4.07. The third kappa shape index (κ3) is 4.77. The number of hydrogen-bond donors (Lipinski definition) is 1. The van der Waals surface area contributed by atoms with E-state index in [4.69, 9.17) is 4.98 Å². The quantitative estimate of drug-likeness (QED) is 0.766.